The predicted molar refractivity (Wildman–Crippen MR) is 171 cm³/mol. The summed E-state index contributed by atoms with van der Waals surface area (Å²) in [5.41, 5.74) is 4.52. The largest absolute Gasteiger partial charge is 0.497 e. The molecule has 218 valence electrons. The van der Waals surface area contributed by atoms with Crippen molar-refractivity contribution in [2.24, 2.45) is 0 Å². The molecular weight excluding hydrogens is 586 g/mol. The normalized spacial score (nSPS) is 11.1. The standard InChI is InChI=1S/C33H28ClN3O5S/c1-39-26-15-5-20(6-16-26)17-27(23-18-28(40-2)30(42-4)29(19-23)41-3)31-36-33(43-37-31)22-9-13-25(14-10-22)35-32(38)21-7-11-24(34)12-8-21/h5-19H,1-4H3,(H,35,38)/b27-17+. The lowest BCUT2D eigenvalue weighted by Gasteiger charge is -2.15. The van der Waals surface area contributed by atoms with E-state index in [1.807, 2.05) is 66.7 Å². The number of amides is 1. The molecule has 0 saturated heterocycles. The van der Waals surface area contributed by atoms with Crippen molar-refractivity contribution in [2.75, 3.05) is 33.8 Å². The molecule has 1 amide bonds. The number of ether oxygens (including phenoxy) is 4. The van der Waals surface area contributed by atoms with Crippen LogP contribution >= 0.6 is 23.1 Å². The molecule has 0 bridgehead atoms. The van der Waals surface area contributed by atoms with Gasteiger partial charge in [0, 0.05) is 27.4 Å². The Morgan fingerprint density at radius 2 is 1.44 bits per heavy atom. The average Bonchev–Trinajstić information content (AvgIpc) is 3.54. The second kappa shape index (κ2) is 13.4. The predicted octanol–water partition coefficient (Wildman–Crippen LogP) is 7.73. The maximum absolute atomic E-state index is 12.6. The Morgan fingerprint density at radius 1 is 0.791 bits per heavy atom. The summed E-state index contributed by atoms with van der Waals surface area (Å²) in [5, 5.41) is 4.20. The molecule has 1 heterocycles. The summed E-state index contributed by atoms with van der Waals surface area (Å²) >= 11 is 7.21. The van der Waals surface area contributed by atoms with Crippen LogP contribution in [0.25, 0.3) is 22.2 Å². The quantitative estimate of drug-likeness (QED) is 0.161. The average molecular weight is 614 g/mol. The molecular formula is C33H28ClN3O5S. The van der Waals surface area contributed by atoms with Crippen molar-refractivity contribution in [1.82, 2.24) is 9.36 Å². The highest BCUT2D eigenvalue weighted by Crippen LogP contribution is 2.41. The third kappa shape index (κ3) is 6.80. The fourth-order valence-electron chi connectivity index (χ4n) is 4.33. The molecule has 8 nitrogen and oxygen atoms in total. The zero-order chi connectivity index (χ0) is 30.3. The second-order valence-electron chi connectivity index (χ2n) is 9.21. The Morgan fingerprint density at radius 3 is 2.02 bits per heavy atom. The van der Waals surface area contributed by atoms with Gasteiger partial charge in [-0.05, 0) is 102 Å². The molecule has 10 heteroatoms. The Bertz CT molecular complexity index is 1730. The number of benzene rings is 4. The molecule has 43 heavy (non-hydrogen) atoms. The number of carbonyl (C=O) groups is 1. The lowest BCUT2D eigenvalue weighted by molar-refractivity contribution is 0.102. The Balaban J connectivity index is 1.48. The van der Waals surface area contributed by atoms with Gasteiger partial charge in [0.05, 0.1) is 28.4 Å². The van der Waals surface area contributed by atoms with Crippen LogP contribution in [0, 0.1) is 0 Å². The summed E-state index contributed by atoms with van der Waals surface area (Å²) < 4.78 is 26.8. The Kier molecular flexibility index (Phi) is 9.24. The van der Waals surface area contributed by atoms with Crippen molar-refractivity contribution in [3.63, 3.8) is 0 Å². The first kappa shape index (κ1) is 29.6. The molecule has 0 aliphatic heterocycles. The first-order valence-electron chi connectivity index (χ1n) is 13.1. The summed E-state index contributed by atoms with van der Waals surface area (Å²) in [5.74, 6) is 2.60. The minimum absolute atomic E-state index is 0.221. The van der Waals surface area contributed by atoms with E-state index in [1.54, 1.807) is 52.7 Å². The van der Waals surface area contributed by atoms with E-state index in [2.05, 4.69) is 5.32 Å². The second-order valence-corrected chi connectivity index (χ2v) is 10.4. The summed E-state index contributed by atoms with van der Waals surface area (Å²) in [7, 11) is 6.35. The number of hydrogen-bond acceptors (Lipinski definition) is 8. The highest BCUT2D eigenvalue weighted by atomic mass is 35.5. The van der Waals surface area contributed by atoms with Gasteiger partial charge in [-0.3, -0.25) is 4.79 Å². The first-order chi connectivity index (χ1) is 20.9. The number of hydrogen-bond donors (Lipinski definition) is 1. The molecule has 0 aliphatic rings. The van der Waals surface area contributed by atoms with Crippen LogP contribution < -0.4 is 24.3 Å². The third-order valence-electron chi connectivity index (χ3n) is 6.57. The summed E-state index contributed by atoms with van der Waals surface area (Å²) in [6.45, 7) is 0. The van der Waals surface area contributed by atoms with E-state index < -0.39 is 0 Å². The lowest BCUT2D eigenvalue weighted by atomic mass is 10.0. The van der Waals surface area contributed by atoms with Gasteiger partial charge >= 0.3 is 0 Å². The van der Waals surface area contributed by atoms with Crippen LogP contribution in [-0.4, -0.2) is 43.7 Å². The molecule has 0 aliphatic carbocycles. The van der Waals surface area contributed by atoms with E-state index in [-0.39, 0.29) is 5.91 Å². The smallest absolute Gasteiger partial charge is 0.255 e. The number of anilines is 1. The number of nitrogens with zero attached hydrogens (tertiary/aromatic N) is 2. The highest BCUT2D eigenvalue weighted by molar-refractivity contribution is 7.09. The Labute approximate surface area is 258 Å². The minimum Gasteiger partial charge on any atom is -0.497 e. The van der Waals surface area contributed by atoms with Gasteiger partial charge < -0.3 is 24.3 Å². The maximum atomic E-state index is 12.6. The van der Waals surface area contributed by atoms with E-state index in [4.69, 9.17) is 39.9 Å². The van der Waals surface area contributed by atoms with Crippen LogP contribution in [-0.2, 0) is 0 Å². The van der Waals surface area contributed by atoms with Crippen LogP contribution in [0.2, 0.25) is 5.02 Å². The fraction of sp³-hybridized carbons (Fsp3) is 0.121. The monoisotopic (exact) mass is 613 g/mol. The number of nitrogens with one attached hydrogen (secondary N) is 1. The number of carbonyl (C=O) groups excluding carboxylic acids is 1. The van der Waals surface area contributed by atoms with E-state index in [9.17, 15) is 4.79 Å². The molecule has 5 aromatic rings. The molecule has 1 N–H and O–H groups in total. The zero-order valence-electron chi connectivity index (χ0n) is 23.9. The maximum Gasteiger partial charge on any atom is 0.255 e. The van der Waals surface area contributed by atoms with Gasteiger partial charge in [0.1, 0.15) is 10.8 Å². The van der Waals surface area contributed by atoms with Crippen LogP contribution in [0.5, 0.6) is 23.0 Å². The van der Waals surface area contributed by atoms with Crippen LogP contribution in [0.3, 0.4) is 0 Å². The van der Waals surface area contributed by atoms with Crippen molar-refractivity contribution in [3.05, 3.63) is 112 Å². The van der Waals surface area contributed by atoms with Crippen molar-refractivity contribution in [2.45, 2.75) is 0 Å². The molecule has 0 atom stereocenters. The summed E-state index contributed by atoms with van der Waals surface area (Å²) in [4.78, 5) is 17.5. The molecule has 0 unspecified atom stereocenters. The number of aromatic nitrogens is 2. The number of methoxy groups -OCH3 is 4. The molecule has 0 radical (unpaired) electrons. The van der Waals surface area contributed by atoms with E-state index in [1.165, 1.54) is 11.5 Å². The van der Waals surface area contributed by atoms with Gasteiger partial charge in [-0.15, -0.1) is 0 Å². The molecule has 0 spiro atoms. The van der Waals surface area contributed by atoms with Crippen molar-refractivity contribution in [3.8, 4) is 33.6 Å². The SMILES string of the molecule is COc1ccc(/C=C(\c2cc(OC)c(OC)c(OC)c2)c2nsc(-c3ccc(NC(=O)c4ccc(Cl)cc4)cc3)n2)cc1. The number of halogens is 1. The highest BCUT2D eigenvalue weighted by Gasteiger charge is 2.19. The van der Waals surface area contributed by atoms with Crippen LogP contribution in [0.4, 0.5) is 5.69 Å². The van der Waals surface area contributed by atoms with Gasteiger partial charge in [-0.1, -0.05) is 23.7 Å². The molecule has 0 saturated carbocycles. The summed E-state index contributed by atoms with van der Waals surface area (Å²) in [6.07, 6.45) is 2.00. The van der Waals surface area contributed by atoms with Crippen molar-refractivity contribution < 1.29 is 23.7 Å². The van der Waals surface area contributed by atoms with Gasteiger partial charge in [-0.25, -0.2) is 4.98 Å². The summed E-state index contributed by atoms with van der Waals surface area (Å²) in [6, 6.07) is 25.6. The van der Waals surface area contributed by atoms with Gasteiger partial charge in [0.2, 0.25) is 5.75 Å². The molecule has 1 aromatic heterocycles. The topological polar surface area (TPSA) is 91.8 Å². The molecule has 4 aromatic carbocycles. The zero-order valence-corrected chi connectivity index (χ0v) is 25.5. The number of rotatable bonds is 10. The van der Waals surface area contributed by atoms with E-state index in [0.717, 1.165) is 33.0 Å². The van der Waals surface area contributed by atoms with Crippen LogP contribution in [0.15, 0.2) is 84.9 Å². The lowest BCUT2D eigenvalue weighted by Crippen LogP contribution is -2.11. The van der Waals surface area contributed by atoms with E-state index >= 15 is 0 Å². The molecule has 0 fully saturated rings. The van der Waals surface area contributed by atoms with E-state index in [0.29, 0.717) is 39.3 Å². The fourth-order valence-corrected chi connectivity index (χ4v) is 5.14. The van der Waals surface area contributed by atoms with Gasteiger partial charge in [0.15, 0.2) is 17.3 Å². The van der Waals surface area contributed by atoms with Gasteiger partial charge in [0.25, 0.3) is 5.91 Å². The van der Waals surface area contributed by atoms with Crippen molar-refractivity contribution >= 4 is 46.4 Å². The van der Waals surface area contributed by atoms with Crippen LogP contribution in [0.1, 0.15) is 27.3 Å². The third-order valence-corrected chi connectivity index (χ3v) is 7.58. The molecule has 5 rings (SSSR count). The first-order valence-corrected chi connectivity index (χ1v) is 14.2. The Hall–Kier alpha value is -4.86. The minimum atomic E-state index is -0.221. The van der Waals surface area contributed by atoms with Gasteiger partial charge in [-0.2, -0.15) is 4.37 Å². The van der Waals surface area contributed by atoms with Crippen molar-refractivity contribution in [1.29, 1.82) is 0 Å².